The van der Waals surface area contributed by atoms with Gasteiger partial charge in [-0.25, -0.2) is 8.42 Å². The van der Waals surface area contributed by atoms with Crippen molar-refractivity contribution in [2.75, 3.05) is 17.8 Å². The van der Waals surface area contributed by atoms with Gasteiger partial charge in [-0.3, -0.25) is 9.52 Å². The second-order valence-corrected chi connectivity index (χ2v) is 9.27. The second kappa shape index (κ2) is 8.73. The number of hydrogen-bond acceptors (Lipinski definition) is 4. The predicted octanol–water partition coefficient (Wildman–Crippen LogP) is 3.18. The number of nitrogens with one attached hydrogen (secondary N) is 2. The summed E-state index contributed by atoms with van der Waals surface area (Å²) in [6.07, 6.45) is 2.95. The minimum absolute atomic E-state index is 0. The summed E-state index contributed by atoms with van der Waals surface area (Å²) in [5, 5.41) is 3.38. The van der Waals surface area contributed by atoms with Crippen molar-refractivity contribution in [3.63, 3.8) is 0 Å². The zero-order chi connectivity index (χ0) is 19.7. The van der Waals surface area contributed by atoms with E-state index in [0.717, 1.165) is 37.9 Å². The van der Waals surface area contributed by atoms with Crippen LogP contribution in [0.1, 0.15) is 35.2 Å². The molecule has 2 aliphatic heterocycles. The van der Waals surface area contributed by atoms with Gasteiger partial charge in [0.05, 0.1) is 4.90 Å². The average Bonchev–Trinajstić information content (AvgIpc) is 2.95. The van der Waals surface area contributed by atoms with Gasteiger partial charge in [-0.2, -0.15) is 0 Å². The summed E-state index contributed by atoms with van der Waals surface area (Å²) in [4.78, 5) is 15.2. The number of nitrogens with zero attached hydrogens (tertiary/aromatic N) is 1. The number of hydrogen-bond donors (Lipinski definition) is 2. The Hall–Kier alpha value is -2.09. The van der Waals surface area contributed by atoms with Crippen molar-refractivity contribution in [1.29, 1.82) is 0 Å². The molecule has 0 radical (unpaired) electrons. The fraction of sp³-hybridized carbons (Fsp3) is 0.381. The van der Waals surface area contributed by atoms with Gasteiger partial charge in [0.2, 0.25) is 0 Å². The van der Waals surface area contributed by atoms with Crippen molar-refractivity contribution in [2.24, 2.45) is 0 Å². The zero-order valence-electron chi connectivity index (χ0n) is 16.3. The van der Waals surface area contributed by atoms with Crippen molar-refractivity contribution in [3.8, 4) is 0 Å². The normalized spacial score (nSPS) is 21.2. The fourth-order valence-electron chi connectivity index (χ4n) is 4.09. The third-order valence-corrected chi connectivity index (χ3v) is 6.96. The maximum absolute atomic E-state index is 13.2. The van der Waals surface area contributed by atoms with Crippen LogP contribution in [-0.2, 0) is 10.0 Å². The van der Waals surface area contributed by atoms with Crippen LogP contribution in [0.4, 0.5) is 5.69 Å². The summed E-state index contributed by atoms with van der Waals surface area (Å²) in [6.45, 7) is 3.66. The number of halogens is 1. The molecule has 2 fully saturated rings. The van der Waals surface area contributed by atoms with Gasteiger partial charge >= 0.3 is 0 Å². The third kappa shape index (κ3) is 4.57. The first-order valence-corrected chi connectivity index (χ1v) is 11.2. The largest absolute Gasteiger partial charge is 0.331 e. The van der Waals surface area contributed by atoms with E-state index in [4.69, 9.17) is 0 Å². The Morgan fingerprint density at radius 2 is 1.79 bits per heavy atom. The van der Waals surface area contributed by atoms with E-state index in [2.05, 4.69) is 10.0 Å². The molecule has 8 heteroatoms. The highest BCUT2D eigenvalue weighted by Crippen LogP contribution is 2.30. The monoisotopic (exact) mass is 435 g/mol. The first-order valence-electron chi connectivity index (χ1n) is 9.67. The van der Waals surface area contributed by atoms with Gasteiger partial charge in [-0.1, -0.05) is 23.8 Å². The van der Waals surface area contributed by atoms with E-state index in [1.165, 1.54) is 12.1 Å². The van der Waals surface area contributed by atoms with Crippen LogP contribution in [0.3, 0.4) is 0 Å². The maximum atomic E-state index is 13.2. The van der Waals surface area contributed by atoms with Gasteiger partial charge in [0.25, 0.3) is 15.9 Å². The Labute approximate surface area is 178 Å². The number of amides is 1. The summed E-state index contributed by atoms with van der Waals surface area (Å²) < 4.78 is 28.2. The molecule has 4 rings (SSSR count). The number of rotatable bonds is 4. The highest BCUT2D eigenvalue weighted by atomic mass is 35.5. The molecule has 0 spiro atoms. The number of carbonyl (C=O) groups excluding carboxylic acids is 1. The standard InChI is InChI=1S/C21H25N3O3S.ClH/c1-15-5-7-17(8-6-15)23-28(26,27)20-4-2-3-16(13-20)21(25)24-18-9-10-19(24)14-22-12-11-18;/h2-8,13,18-19,22-23H,9-12,14H2,1H3;1H. The summed E-state index contributed by atoms with van der Waals surface area (Å²) >= 11 is 0. The van der Waals surface area contributed by atoms with E-state index in [1.807, 2.05) is 24.0 Å². The second-order valence-electron chi connectivity index (χ2n) is 7.59. The van der Waals surface area contributed by atoms with Crippen molar-refractivity contribution in [2.45, 2.75) is 43.2 Å². The van der Waals surface area contributed by atoms with Crippen LogP contribution in [0.2, 0.25) is 0 Å². The van der Waals surface area contributed by atoms with Crippen molar-refractivity contribution in [3.05, 3.63) is 59.7 Å². The molecule has 1 amide bonds. The molecule has 0 aromatic heterocycles. The summed E-state index contributed by atoms with van der Waals surface area (Å²) in [7, 11) is -3.76. The Morgan fingerprint density at radius 1 is 1.07 bits per heavy atom. The molecule has 0 saturated carbocycles. The third-order valence-electron chi connectivity index (χ3n) is 5.58. The quantitative estimate of drug-likeness (QED) is 0.773. The molecule has 2 atom stereocenters. The molecule has 2 N–H and O–H groups in total. The lowest BCUT2D eigenvalue weighted by Crippen LogP contribution is -2.42. The molecular formula is C21H26ClN3O3S. The molecule has 2 aliphatic rings. The molecule has 2 aromatic carbocycles. The van der Waals surface area contributed by atoms with E-state index >= 15 is 0 Å². The minimum atomic E-state index is -3.76. The van der Waals surface area contributed by atoms with Crippen LogP contribution in [0.15, 0.2) is 53.4 Å². The average molecular weight is 436 g/mol. The molecule has 6 nitrogen and oxygen atoms in total. The van der Waals surface area contributed by atoms with Gasteiger partial charge in [-0.15, -0.1) is 12.4 Å². The Morgan fingerprint density at radius 3 is 2.55 bits per heavy atom. The van der Waals surface area contributed by atoms with Crippen LogP contribution in [-0.4, -0.2) is 44.4 Å². The summed E-state index contributed by atoms with van der Waals surface area (Å²) in [5.74, 6) is -0.0800. The molecule has 2 heterocycles. The van der Waals surface area contributed by atoms with E-state index in [0.29, 0.717) is 11.3 Å². The van der Waals surface area contributed by atoms with Gasteiger partial charge in [0, 0.05) is 29.9 Å². The van der Waals surface area contributed by atoms with Gasteiger partial charge in [0.15, 0.2) is 0 Å². The number of carbonyl (C=O) groups is 1. The molecule has 156 valence electrons. The lowest BCUT2D eigenvalue weighted by Gasteiger charge is -2.28. The topological polar surface area (TPSA) is 78.5 Å². The minimum Gasteiger partial charge on any atom is -0.331 e. The van der Waals surface area contributed by atoms with Gasteiger partial charge in [0.1, 0.15) is 0 Å². The smallest absolute Gasteiger partial charge is 0.261 e. The number of fused-ring (bicyclic) bond motifs is 2. The van der Waals surface area contributed by atoms with E-state index in [1.54, 1.807) is 24.3 Å². The van der Waals surface area contributed by atoms with Crippen LogP contribution < -0.4 is 10.0 Å². The number of benzene rings is 2. The van der Waals surface area contributed by atoms with Crippen molar-refractivity contribution < 1.29 is 13.2 Å². The number of anilines is 1. The fourth-order valence-corrected chi connectivity index (χ4v) is 5.20. The van der Waals surface area contributed by atoms with E-state index < -0.39 is 10.0 Å². The summed E-state index contributed by atoms with van der Waals surface area (Å²) in [5.41, 5.74) is 1.97. The highest BCUT2D eigenvalue weighted by Gasteiger charge is 2.38. The highest BCUT2D eigenvalue weighted by molar-refractivity contribution is 7.92. The Bertz CT molecular complexity index is 965. The molecule has 2 saturated heterocycles. The predicted molar refractivity (Wildman–Crippen MR) is 116 cm³/mol. The van der Waals surface area contributed by atoms with Crippen molar-refractivity contribution in [1.82, 2.24) is 10.2 Å². The number of aryl methyl sites for hydroxylation is 1. The van der Waals surface area contributed by atoms with Crippen LogP contribution in [0, 0.1) is 6.92 Å². The van der Waals surface area contributed by atoms with Gasteiger partial charge < -0.3 is 10.2 Å². The SMILES string of the molecule is Cc1ccc(NS(=O)(=O)c2cccc(C(=O)N3C4CCNCC3CC4)c2)cc1.Cl. The van der Waals surface area contributed by atoms with Crippen molar-refractivity contribution >= 4 is 34.0 Å². The van der Waals surface area contributed by atoms with Gasteiger partial charge in [-0.05, 0) is 63.1 Å². The first kappa shape index (κ1) is 21.6. The summed E-state index contributed by atoms with van der Waals surface area (Å²) in [6, 6.07) is 13.9. The van der Waals surface area contributed by atoms with Crippen LogP contribution in [0.25, 0.3) is 0 Å². The molecular weight excluding hydrogens is 410 g/mol. The first-order chi connectivity index (χ1) is 13.4. The lowest BCUT2D eigenvalue weighted by atomic mass is 10.1. The van der Waals surface area contributed by atoms with E-state index in [9.17, 15) is 13.2 Å². The van der Waals surface area contributed by atoms with Crippen LogP contribution in [0.5, 0.6) is 0 Å². The Balaban J connectivity index is 0.00000240. The molecule has 0 aliphatic carbocycles. The molecule has 2 bridgehead atoms. The van der Waals surface area contributed by atoms with Crippen LogP contribution >= 0.6 is 12.4 Å². The zero-order valence-corrected chi connectivity index (χ0v) is 17.9. The lowest BCUT2D eigenvalue weighted by molar-refractivity contribution is 0.0680. The number of sulfonamides is 1. The van der Waals surface area contributed by atoms with E-state index in [-0.39, 0.29) is 35.3 Å². The molecule has 2 unspecified atom stereocenters. The maximum Gasteiger partial charge on any atom is 0.261 e. The molecule has 2 aromatic rings. The molecule has 29 heavy (non-hydrogen) atoms. The Kier molecular flexibility index (Phi) is 6.51.